The number of carbonyl (C=O) groups excluding carboxylic acids is 2. The SMILES string of the molecule is O=C(Nc1ccc(Cl)c(Cl)c1)[C@@H]1CC(=O)N(c2ccc(Cl)cc2)C1. The van der Waals surface area contributed by atoms with E-state index in [4.69, 9.17) is 34.8 Å². The van der Waals surface area contributed by atoms with Gasteiger partial charge in [-0.15, -0.1) is 0 Å². The molecule has 7 heteroatoms. The summed E-state index contributed by atoms with van der Waals surface area (Å²) in [5.74, 6) is -0.743. The normalized spacial score (nSPS) is 17.2. The monoisotopic (exact) mass is 382 g/mol. The number of halogens is 3. The summed E-state index contributed by atoms with van der Waals surface area (Å²) >= 11 is 17.7. The third kappa shape index (κ3) is 3.66. The lowest BCUT2D eigenvalue weighted by atomic mass is 10.1. The van der Waals surface area contributed by atoms with E-state index in [2.05, 4.69) is 5.32 Å². The number of hydrogen-bond donors (Lipinski definition) is 1. The van der Waals surface area contributed by atoms with E-state index in [1.165, 1.54) is 0 Å². The molecule has 0 spiro atoms. The Kier molecular flexibility index (Phi) is 4.99. The van der Waals surface area contributed by atoms with Crippen LogP contribution < -0.4 is 10.2 Å². The molecule has 1 N–H and O–H groups in total. The molecule has 1 aliphatic heterocycles. The van der Waals surface area contributed by atoms with Gasteiger partial charge in [0.25, 0.3) is 0 Å². The fraction of sp³-hybridized carbons (Fsp3) is 0.176. The predicted molar refractivity (Wildman–Crippen MR) is 97.0 cm³/mol. The number of rotatable bonds is 3. The fourth-order valence-corrected chi connectivity index (χ4v) is 3.00. The maximum absolute atomic E-state index is 12.4. The van der Waals surface area contributed by atoms with Gasteiger partial charge in [0, 0.05) is 29.4 Å². The van der Waals surface area contributed by atoms with Gasteiger partial charge in [-0.25, -0.2) is 0 Å². The van der Waals surface area contributed by atoms with Crippen LogP contribution in [-0.2, 0) is 9.59 Å². The standard InChI is InChI=1S/C17H13Cl3N2O2/c18-11-1-4-13(5-2-11)22-9-10(7-16(22)23)17(24)21-12-3-6-14(19)15(20)8-12/h1-6,8,10H,7,9H2,(H,21,24)/t10-/m1/s1. The molecule has 0 bridgehead atoms. The molecular weight excluding hydrogens is 371 g/mol. The highest BCUT2D eigenvalue weighted by Gasteiger charge is 2.35. The summed E-state index contributed by atoms with van der Waals surface area (Å²) in [7, 11) is 0. The van der Waals surface area contributed by atoms with Crippen molar-refractivity contribution in [2.45, 2.75) is 6.42 Å². The molecule has 1 saturated heterocycles. The van der Waals surface area contributed by atoms with Gasteiger partial charge in [-0.3, -0.25) is 9.59 Å². The second kappa shape index (κ2) is 7.01. The summed E-state index contributed by atoms with van der Waals surface area (Å²) < 4.78 is 0. The first-order valence-corrected chi connectivity index (χ1v) is 8.39. The minimum Gasteiger partial charge on any atom is -0.326 e. The number of nitrogens with one attached hydrogen (secondary N) is 1. The molecule has 3 rings (SSSR count). The molecule has 2 amide bonds. The Morgan fingerprint density at radius 2 is 1.75 bits per heavy atom. The summed E-state index contributed by atoms with van der Waals surface area (Å²) in [6, 6.07) is 11.8. The van der Waals surface area contributed by atoms with Crippen molar-refractivity contribution in [3.05, 3.63) is 57.5 Å². The molecular formula is C17H13Cl3N2O2. The Morgan fingerprint density at radius 1 is 1.04 bits per heavy atom. The molecule has 0 saturated carbocycles. The molecule has 124 valence electrons. The quantitative estimate of drug-likeness (QED) is 0.839. The molecule has 1 atom stereocenters. The van der Waals surface area contributed by atoms with Crippen LogP contribution in [0, 0.1) is 5.92 Å². The number of nitrogens with zero attached hydrogens (tertiary/aromatic N) is 1. The molecule has 1 heterocycles. The van der Waals surface area contributed by atoms with Gasteiger partial charge in [0.15, 0.2) is 0 Å². The molecule has 4 nitrogen and oxygen atoms in total. The minimum absolute atomic E-state index is 0.0911. The molecule has 1 aliphatic rings. The van der Waals surface area contributed by atoms with Crippen molar-refractivity contribution in [2.24, 2.45) is 5.92 Å². The largest absolute Gasteiger partial charge is 0.326 e. The fourth-order valence-electron chi connectivity index (χ4n) is 2.57. The smallest absolute Gasteiger partial charge is 0.229 e. The molecule has 0 aromatic heterocycles. The summed E-state index contributed by atoms with van der Waals surface area (Å²) in [6.07, 6.45) is 0.162. The van der Waals surface area contributed by atoms with Crippen LogP contribution in [-0.4, -0.2) is 18.4 Å². The Bertz CT molecular complexity index is 793. The van der Waals surface area contributed by atoms with E-state index in [0.29, 0.717) is 27.3 Å². The van der Waals surface area contributed by atoms with Gasteiger partial charge < -0.3 is 10.2 Å². The zero-order valence-corrected chi connectivity index (χ0v) is 14.7. The van der Waals surface area contributed by atoms with Gasteiger partial charge in [-0.1, -0.05) is 34.8 Å². The van der Waals surface area contributed by atoms with Crippen LogP contribution in [0.25, 0.3) is 0 Å². The van der Waals surface area contributed by atoms with E-state index in [-0.39, 0.29) is 18.2 Å². The van der Waals surface area contributed by atoms with Gasteiger partial charge in [0.05, 0.1) is 16.0 Å². The molecule has 2 aromatic rings. The second-order valence-electron chi connectivity index (χ2n) is 5.50. The molecule has 24 heavy (non-hydrogen) atoms. The first-order valence-electron chi connectivity index (χ1n) is 7.26. The molecule has 0 radical (unpaired) electrons. The van der Waals surface area contributed by atoms with E-state index in [1.807, 2.05) is 0 Å². The number of benzene rings is 2. The molecule has 2 aromatic carbocycles. The van der Waals surface area contributed by atoms with E-state index in [9.17, 15) is 9.59 Å². The average Bonchev–Trinajstić information content (AvgIpc) is 2.94. The van der Waals surface area contributed by atoms with Crippen LogP contribution in [0.2, 0.25) is 15.1 Å². The third-order valence-corrected chi connectivity index (χ3v) is 4.81. The first-order chi connectivity index (χ1) is 11.4. The number of anilines is 2. The maximum atomic E-state index is 12.4. The van der Waals surface area contributed by atoms with Crippen LogP contribution in [0.3, 0.4) is 0 Å². The van der Waals surface area contributed by atoms with E-state index in [0.717, 1.165) is 5.69 Å². The number of carbonyl (C=O) groups is 2. The van der Waals surface area contributed by atoms with Crippen LogP contribution in [0.15, 0.2) is 42.5 Å². The Balaban J connectivity index is 1.69. The highest BCUT2D eigenvalue weighted by Crippen LogP contribution is 2.28. The first kappa shape index (κ1) is 17.1. The van der Waals surface area contributed by atoms with E-state index < -0.39 is 5.92 Å². The summed E-state index contributed by atoms with van der Waals surface area (Å²) in [6.45, 7) is 0.327. The topological polar surface area (TPSA) is 49.4 Å². The lowest BCUT2D eigenvalue weighted by Crippen LogP contribution is -2.28. The Morgan fingerprint density at radius 3 is 2.42 bits per heavy atom. The van der Waals surface area contributed by atoms with Crippen molar-refractivity contribution in [1.82, 2.24) is 0 Å². The number of hydrogen-bond acceptors (Lipinski definition) is 2. The van der Waals surface area contributed by atoms with Gasteiger partial charge >= 0.3 is 0 Å². The summed E-state index contributed by atoms with van der Waals surface area (Å²) in [5, 5.41) is 4.15. The Hall–Kier alpha value is -1.75. The average molecular weight is 384 g/mol. The van der Waals surface area contributed by atoms with Crippen molar-refractivity contribution < 1.29 is 9.59 Å². The molecule has 0 aliphatic carbocycles. The van der Waals surface area contributed by atoms with Crippen molar-refractivity contribution >= 4 is 58.0 Å². The summed E-state index contributed by atoms with van der Waals surface area (Å²) in [4.78, 5) is 26.2. The highest BCUT2D eigenvalue weighted by molar-refractivity contribution is 6.42. The Labute approximate surface area is 154 Å². The van der Waals surface area contributed by atoms with Crippen molar-refractivity contribution in [3.8, 4) is 0 Å². The van der Waals surface area contributed by atoms with Crippen LogP contribution in [0.1, 0.15) is 6.42 Å². The lowest BCUT2D eigenvalue weighted by Gasteiger charge is -2.16. The highest BCUT2D eigenvalue weighted by atomic mass is 35.5. The maximum Gasteiger partial charge on any atom is 0.229 e. The van der Waals surface area contributed by atoms with Crippen LogP contribution in [0.4, 0.5) is 11.4 Å². The van der Waals surface area contributed by atoms with Gasteiger partial charge in [0.2, 0.25) is 11.8 Å². The van der Waals surface area contributed by atoms with Crippen LogP contribution in [0.5, 0.6) is 0 Å². The minimum atomic E-state index is -0.428. The summed E-state index contributed by atoms with van der Waals surface area (Å²) in [5.41, 5.74) is 1.28. The van der Waals surface area contributed by atoms with Crippen molar-refractivity contribution in [1.29, 1.82) is 0 Å². The lowest BCUT2D eigenvalue weighted by molar-refractivity contribution is -0.122. The third-order valence-electron chi connectivity index (χ3n) is 3.82. The van der Waals surface area contributed by atoms with Gasteiger partial charge in [0.1, 0.15) is 0 Å². The zero-order valence-electron chi connectivity index (χ0n) is 12.4. The van der Waals surface area contributed by atoms with E-state index >= 15 is 0 Å². The second-order valence-corrected chi connectivity index (χ2v) is 6.75. The van der Waals surface area contributed by atoms with E-state index in [1.54, 1.807) is 47.4 Å². The predicted octanol–water partition coefficient (Wildman–Crippen LogP) is 4.64. The van der Waals surface area contributed by atoms with Crippen molar-refractivity contribution in [3.63, 3.8) is 0 Å². The van der Waals surface area contributed by atoms with Crippen molar-refractivity contribution in [2.75, 3.05) is 16.8 Å². The molecule has 0 unspecified atom stereocenters. The zero-order chi connectivity index (χ0) is 17.3. The van der Waals surface area contributed by atoms with Gasteiger partial charge in [-0.2, -0.15) is 0 Å². The van der Waals surface area contributed by atoms with Gasteiger partial charge in [-0.05, 0) is 42.5 Å². The van der Waals surface area contributed by atoms with Crippen LogP contribution >= 0.6 is 34.8 Å². The molecule has 1 fully saturated rings. The number of amides is 2.